The molecule has 5 heteroatoms. The Morgan fingerprint density at radius 2 is 1.67 bits per heavy atom. The van der Waals surface area contributed by atoms with Crippen LogP contribution in [0.1, 0.15) is 0 Å². The molecule has 0 atom stereocenters. The van der Waals surface area contributed by atoms with Gasteiger partial charge in [-0.2, -0.15) is 0 Å². The molecule has 0 bridgehead atoms. The molecule has 0 heterocycles. The van der Waals surface area contributed by atoms with Crippen molar-refractivity contribution in [3.8, 4) is 17.2 Å². The molecule has 2 aromatic carbocycles. The van der Waals surface area contributed by atoms with E-state index in [0.29, 0.717) is 22.7 Å². The number of rotatable bonds is 4. The molecule has 4 nitrogen and oxygen atoms in total. The second-order valence-corrected chi connectivity index (χ2v) is 3.70. The van der Waals surface area contributed by atoms with Gasteiger partial charge in [-0.1, -0.05) is 24.3 Å². The number of ether oxygens (including phenoxy) is 2. The lowest BCUT2D eigenvalue weighted by atomic mass is 9.80. The molecule has 0 saturated heterocycles. The van der Waals surface area contributed by atoms with Gasteiger partial charge in [-0.05, 0) is 29.7 Å². The number of benzene rings is 2. The molecule has 0 saturated carbocycles. The molecule has 0 radical (unpaired) electrons. The predicted octanol–water partition coefficient (Wildman–Crippen LogP) is 1.17. The summed E-state index contributed by atoms with van der Waals surface area (Å²) < 4.78 is 10.8. The van der Waals surface area contributed by atoms with Crippen molar-refractivity contribution >= 4 is 12.6 Å². The predicted molar refractivity (Wildman–Crippen MR) is 69.3 cm³/mol. The highest BCUT2D eigenvalue weighted by molar-refractivity contribution is 6.58. The van der Waals surface area contributed by atoms with Crippen LogP contribution in [0.4, 0.5) is 0 Å². The van der Waals surface area contributed by atoms with Crippen LogP contribution in [0.15, 0.2) is 48.5 Å². The van der Waals surface area contributed by atoms with Gasteiger partial charge in [0.2, 0.25) is 0 Å². The molecule has 92 valence electrons. The van der Waals surface area contributed by atoms with Crippen molar-refractivity contribution in [2.75, 3.05) is 7.11 Å². The van der Waals surface area contributed by atoms with Crippen LogP contribution in [0.25, 0.3) is 0 Å². The first-order chi connectivity index (χ1) is 8.70. The highest BCUT2D eigenvalue weighted by atomic mass is 16.5. The second kappa shape index (κ2) is 5.57. The van der Waals surface area contributed by atoms with Crippen molar-refractivity contribution in [2.24, 2.45) is 0 Å². The zero-order chi connectivity index (χ0) is 13.0. The van der Waals surface area contributed by atoms with E-state index in [1.807, 2.05) is 30.3 Å². The molecule has 0 aromatic heterocycles. The first-order valence-corrected chi connectivity index (χ1v) is 5.47. The van der Waals surface area contributed by atoms with Gasteiger partial charge in [-0.25, -0.2) is 0 Å². The van der Waals surface area contributed by atoms with Gasteiger partial charge in [-0.3, -0.25) is 0 Å². The van der Waals surface area contributed by atoms with Gasteiger partial charge in [0.15, 0.2) is 11.5 Å². The molecule has 0 spiro atoms. The van der Waals surface area contributed by atoms with Crippen LogP contribution in [0.2, 0.25) is 0 Å². The van der Waals surface area contributed by atoms with Crippen LogP contribution in [-0.2, 0) is 0 Å². The van der Waals surface area contributed by atoms with E-state index in [-0.39, 0.29) is 0 Å². The SMILES string of the molecule is COc1cc(B(O)O)ccc1Oc1ccccc1. The zero-order valence-electron chi connectivity index (χ0n) is 9.91. The minimum absolute atomic E-state index is 0.354. The van der Waals surface area contributed by atoms with Crippen molar-refractivity contribution < 1.29 is 19.5 Å². The van der Waals surface area contributed by atoms with E-state index >= 15 is 0 Å². The average molecular weight is 244 g/mol. The number of para-hydroxylation sites is 1. The Morgan fingerprint density at radius 1 is 0.944 bits per heavy atom. The van der Waals surface area contributed by atoms with E-state index in [0.717, 1.165) is 0 Å². The third-order valence-electron chi connectivity index (χ3n) is 2.46. The van der Waals surface area contributed by atoms with Gasteiger partial charge in [0.05, 0.1) is 7.11 Å². The van der Waals surface area contributed by atoms with Gasteiger partial charge >= 0.3 is 7.12 Å². The molecule has 2 N–H and O–H groups in total. The quantitative estimate of drug-likeness (QED) is 0.792. The molecule has 2 rings (SSSR count). The zero-order valence-corrected chi connectivity index (χ0v) is 9.91. The van der Waals surface area contributed by atoms with Crippen molar-refractivity contribution in [1.82, 2.24) is 0 Å². The number of hydrogen-bond donors (Lipinski definition) is 2. The first kappa shape index (κ1) is 12.5. The summed E-state index contributed by atoms with van der Waals surface area (Å²) >= 11 is 0. The lowest BCUT2D eigenvalue weighted by Crippen LogP contribution is -2.29. The molecular weight excluding hydrogens is 231 g/mol. The van der Waals surface area contributed by atoms with Crippen LogP contribution >= 0.6 is 0 Å². The Bertz CT molecular complexity index is 514. The number of methoxy groups -OCH3 is 1. The largest absolute Gasteiger partial charge is 0.493 e. The Balaban J connectivity index is 2.28. The maximum absolute atomic E-state index is 9.08. The molecule has 0 amide bonds. The first-order valence-electron chi connectivity index (χ1n) is 5.47. The Hall–Kier alpha value is -1.98. The van der Waals surface area contributed by atoms with E-state index in [9.17, 15) is 0 Å². The third-order valence-corrected chi connectivity index (χ3v) is 2.46. The van der Waals surface area contributed by atoms with E-state index in [4.69, 9.17) is 19.5 Å². The molecule has 2 aromatic rings. The van der Waals surface area contributed by atoms with Gasteiger partial charge in [-0.15, -0.1) is 0 Å². The number of hydrogen-bond acceptors (Lipinski definition) is 4. The van der Waals surface area contributed by atoms with Gasteiger partial charge < -0.3 is 19.5 Å². The molecule has 0 unspecified atom stereocenters. The van der Waals surface area contributed by atoms with Crippen molar-refractivity contribution in [3.63, 3.8) is 0 Å². The molecule has 0 aliphatic carbocycles. The summed E-state index contributed by atoms with van der Waals surface area (Å²) in [6, 6.07) is 14.0. The highest BCUT2D eigenvalue weighted by Gasteiger charge is 2.14. The van der Waals surface area contributed by atoms with Crippen molar-refractivity contribution in [1.29, 1.82) is 0 Å². The monoisotopic (exact) mass is 244 g/mol. The third kappa shape index (κ3) is 2.82. The second-order valence-electron chi connectivity index (χ2n) is 3.70. The summed E-state index contributed by atoms with van der Waals surface area (Å²) in [5, 5.41) is 18.2. The maximum atomic E-state index is 9.08. The van der Waals surface area contributed by atoms with Gasteiger partial charge in [0, 0.05) is 0 Å². The fourth-order valence-corrected chi connectivity index (χ4v) is 1.54. The van der Waals surface area contributed by atoms with Crippen LogP contribution in [0.3, 0.4) is 0 Å². The van der Waals surface area contributed by atoms with Gasteiger partial charge in [0.25, 0.3) is 0 Å². The Kier molecular flexibility index (Phi) is 3.87. The Labute approximate surface area is 106 Å². The molecule has 0 aliphatic heterocycles. The van der Waals surface area contributed by atoms with E-state index in [1.54, 1.807) is 12.1 Å². The summed E-state index contributed by atoms with van der Waals surface area (Å²) in [7, 11) is -0.0227. The minimum Gasteiger partial charge on any atom is -0.493 e. The van der Waals surface area contributed by atoms with Crippen LogP contribution in [0, 0.1) is 0 Å². The average Bonchev–Trinajstić information content (AvgIpc) is 2.40. The summed E-state index contributed by atoms with van der Waals surface area (Å²) in [5.41, 5.74) is 0.354. The van der Waals surface area contributed by atoms with E-state index in [1.165, 1.54) is 13.2 Å². The minimum atomic E-state index is -1.52. The van der Waals surface area contributed by atoms with E-state index < -0.39 is 7.12 Å². The normalized spacial score (nSPS) is 9.94. The maximum Gasteiger partial charge on any atom is 0.488 e. The lowest BCUT2D eigenvalue weighted by molar-refractivity contribution is 0.378. The molecule has 0 fully saturated rings. The van der Waals surface area contributed by atoms with Gasteiger partial charge in [0.1, 0.15) is 5.75 Å². The van der Waals surface area contributed by atoms with Crippen LogP contribution in [-0.4, -0.2) is 24.3 Å². The van der Waals surface area contributed by atoms with Crippen LogP contribution in [0.5, 0.6) is 17.2 Å². The lowest BCUT2D eigenvalue weighted by Gasteiger charge is -2.11. The standard InChI is InChI=1S/C13H13BO4/c1-17-13-9-10(14(15)16)7-8-12(13)18-11-5-3-2-4-6-11/h2-9,15-16H,1H3. The molecule has 0 aliphatic rings. The smallest absolute Gasteiger partial charge is 0.488 e. The summed E-state index contributed by atoms with van der Waals surface area (Å²) in [4.78, 5) is 0. The van der Waals surface area contributed by atoms with Crippen molar-refractivity contribution in [2.45, 2.75) is 0 Å². The van der Waals surface area contributed by atoms with Crippen molar-refractivity contribution in [3.05, 3.63) is 48.5 Å². The molecular formula is C13H13BO4. The fourth-order valence-electron chi connectivity index (χ4n) is 1.54. The summed E-state index contributed by atoms with van der Waals surface area (Å²) in [5.74, 6) is 1.66. The fraction of sp³-hybridized carbons (Fsp3) is 0.0769. The molecule has 18 heavy (non-hydrogen) atoms. The topological polar surface area (TPSA) is 58.9 Å². The highest BCUT2D eigenvalue weighted by Crippen LogP contribution is 2.30. The summed E-state index contributed by atoms with van der Waals surface area (Å²) in [6.45, 7) is 0. The van der Waals surface area contributed by atoms with Crippen LogP contribution < -0.4 is 14.9 Å². The summed E-state index contributed by atoms with van der Waals surface area (Å²) in [6.07, 6.45) is 0. The Morgan fingerprint density at radius 3 is 2.28 bits per heavy atom. The van der Waals surface area contributed by atoms with E-state index in [2.05, 4.69) is 0 Å².